The molecule has 0 spiro atoms. The van der Waals surface area contributed by atoms with Gasteiger partial charge in [0.05, 0.1) is 7.11 Å². The Morgan fingerprint density at radius 1 is 1.47 bits per heavy atom. The Bertz CT molecular complexity index is 341. The highest BCUT2D eigenvalue weighted by molar-refractivity contribution is 9.10. The molecule has 0 saturated heterocycles. The third kappa shape index (κ3) is 2.86. The molecule has 0 aliphatic heterocycles. The van der Waals surface area contributed by atoms with Crippen LogP contribution in [0.2, 0.25) is 0 Å². The second-order valence-corrected chi connectivity index (χ2v) is 4.67. The smallest absolute Gasteiger partial charge is 0.123 e. The number of benzene rings is 1. The van der Waals surface area contributed by atoms with Crippen molar-refractivity contribution in [2.45, 2.75) is 18.9 Å². The molecule has 0 radical (unpaired) electrons. The highest BCUT2D eigenvalue weighted by Crippen LogP contribution is 2.42. The third-order valence-corrected chi connectivity index (χ3v) is 3.17. The van der Waals surface area contributed by atoms with E-state index in [-0.39, 0.29) is 18.4 Å². The minimum absolute atomic E-state index is 0. The maximum absolute atomic E-state index is 6.14. The van der Waals surface area contributed by atoms with Crippen molar-refractivity contribution >= 4 is 28.3 Å². The summed E-state index contributed by atoms with van der Waals surface area (Å²) in [5, 5.41) is 0. The normalized spacial score (nSPS) is 16.7. The lowest BCUT2D eigenvalue weighted by Gasteiger charge is -2.15. The topological polar surface area (TPSA) is 35.2 Å². The second-order valence-electron chi connectivity index (χ2n) is 3.75. The molecule has 0 aromatic heterocycles. The van der Waals surface area contributed by atoms with Gasteiger partial charge in [0.25, 0.3) is 0 Å². The number of nitrogens with two attached hydrogens (primary N) is 1. The molecule has 1 aromatic carbocycles. The van der Waals surface area contributed by atoms with E-state index in [4.69, 9.17) is 10.5 Å². The molecule has 0 heterocycles. The van der Waals surface area contributed by atoms with E-state index in [1.165, 1.54) is 12.8 Å². The van der Waals surface area contributed by atoms with Gasteiger partial charge in [-0.15, -0.1) is 12.4 Å². The molecule has 1 aromatic rings. The van der Waals surface area contributed by atoms with Crippen molar-refractivity contribution in [2.24, 2.45) is 11.7 Å². The summed E-state index contributed by atoms with van der Waals surface area (Å²) >= 11 is 3.45. The van der Waals surface area contributed by atoms with Gasteiger partial charge in [0.1, 0.15) is 5.75 Å². The van der Waals surface area contributed by atoms with Gasteiger partial charge in [-0.1, -0.05) is 15.9 Å². The Morgan fingerprint density at radius 2 is 2.13 bits per heavy atom. The minimum atomic E-state index is 0. The molecule has 2 N–H and O–H groups in total. The van der Waals surface area contributed by atoms with E-state index in [0.717, 1.165) is 15.8 Å². The third-order valence-electron chi connectivity index (χ3n) is 2.68. The van der Waals surface area contributed by atoms with Crippen molar-refractivity contribution in [3.8, 4) is 5.75 Å². The summed E-state index contributed by atoms with van der Waals surface area (Å²) in [5.74, 6) is 1.55. The maximum atomic E-state index is 6.14. The summed E-state index contributed by atoms with van der Waals surface area (Å²) in [6, 6.07) is 6.12. The zero-order chi connectivity index (χ0) is 10.1. The van der Waals surface area contributed by atoms with Crippen molar-refractivity contribution < 1.29 is 4.74 Å². The number of rotatable bonds is 3. The summed E-state index contributed by atoms with van der Waals surface area (Å²) in [4.78, 5) is 0. The fraction of sp³-hybridized carbons (Fsp3) is 0.455. The standard InChI is InChI=1S/C11H14BrNO.ClH/c1-14-10-5-4-8(12)6-9(10)11(13)7-2-3-7;/h4-7,11H,2-3,13H2,1H3;1H/t11-;/m1./s1. The number of ether oxygens (including phenoxy) is 1. The van der Waals surface area contributed by atoms with Gasteiger partial charge in [-0.3, -0.25) is 0 Å². The molecule has 15 heavy (non-hydrogen) atoms. The molecule has 1 atom stereocenters. The van der Waals surface area contributed by atoms with Crippen LogP contribution in [-0.2, 0) is 0 Å². The average molecular weight is 293 g/mol. The number of halogens is 2. The Morgan fingerprint density at radius 3 is 2.67 bits per heavy atom. The molecular weight excluding hydrogens is 277 g/mol. The van der Waals surface area contributed by atoms with Gasteiger partial charge in [0.15, 0.2) is 0 Å². The van der Waals surface area contributed by atoms with Crippen LogP contribution in [0.15, 0.2) is 22.7 Å². The predicted octanol–water partition coefficient (Wildman–Crippen LogP) is 3.29. The highest BCUT2D eigenvalue weighted by atomic mass is 79.9. The summed E-state index contributed by atoms with van der Waals surface area (Å²) in [6.07, 6.45) is 2.49. The first kappa shape index (κ1) is 12.8. The van der Waals surface area contributed by atoms with Crippen molar-refractivity contribution in [3.63, 3.8) is 0 Å². The lowest BCUT2D eigenvalue weighted by Crippen LogP contribution is -2.13. The molecule has 1 aliphatic rings. The molecule has 2 rings (SSSR count). The van der Waals surface area contributed by atoms with Crippen molar-refractivity contribution in [1.82, 2.24) is 0 Å². The summed E-state index contributed by atoms with van der Waals surface area (Å²) < 4.78 is 6.36. The second kappa shape index (κ2) is 5.19. The van der Waals surface area contributed by atoms with Crippen LogP contribution in [0.5, 0.6) is 5.75 Å². The first-order valence-electron chi connectivity index (χ1n) is 4.81. The van der Waals surface area contributed by atoms with Crippen molar-refractivity contribution in [3.05, 3.63) is 28.2 Å². The van der Waals surface area contributed by atoms with Crippen molar-refractivity contribution in [1.29, 1.82) is 0 Å². The largest absolute Gasteiger partial charge is 0.496 e. The van der Waals surface area contributed by atoms with E-state index < -0.39 is 0 Å². The lowest BCUT2D eigenvalue weighted by molar-refractivity contribution is 0.403. The van der Waals surface area contributed by atoms with E-state index in [2.05, 4.69) is 22.0 Å². The molecule has 0 unspecified atom stereocenters. The molecule has 1 aliphatic carbocycles. The number of hydrogen-bond acceptors (Lipinski definition) is 2. The Kier molecular flexibility index (Phi) is 4.44. The van der Waals surface area contributed by atoms with Crippen LogP contribution < -0.4 is 10.5 Å². The first-order valence-corrected chi connectivity index (χ1v) is 5.60. The lowest BCUT2D eigenvalue weighted by atomic mass is 10.0. The molecule has 1 fully saturated rings. The van der Waals surface area contributed by atoms with E-state index in [1.54, 1.807) is 7.11 Å². The number of hydrogen-bond donors (Lipinski definition) is 1. The quantitative estimate of drug-likeness (QED) is 0.928. The Hall–Kier alpha value is -0.250. The molecule has 2 nitrogen and oxygen atoms in total. The highest BCUT2D eigenvalue weighted by Gasteiger charge is 2.31. The minimum Gasteiger partial charge on any atom is -0.496 e. The van der Waals surface area contributed by atoms with Crippen molar-refractivity contribution in [2.75, 3.05) is 7.11 Å². The van der Waals surface area contributed by atoms with Gasteiger partial charge >= 0.3 is 0 Å². The van der Waals surface area contributed by atoms with E-state index >= 15 is 0 Å². The van der Waals surface area contributed by atoms with Gasteiger partial charge < -0.3 is 10.5 Å². The Labute approximate surface area is 105 Å². The van der Waals surface area contributed by atoms with Gasteiger partial charge in [-0.05, 0) is 37.0 Å². The fourth-order valence-electron chi connectivity index (χ4n) is 1.67. The van der Waals surface area contributed by atoms with E-state index in [1.807, 2.05) is 12.1 Å². The zero-order valence-electron chi connectivity index (χ0n) is 8.57. The van der Waals surface area contributed by atoms with E-state index in [9.17, 15) is 0 Å². The maximum Gasteiger partial charge on any atom is 0.123 e. The zero-order valence-corrected chi connectivity index (χ0v) is 11.0. The predicted molar refractivity (Wildman–Crippen MR) is 67.6 cm³/mol. The van der Waals surface area contributed by atoms with Crippen LogP contribution in [0.1, 0.15) is 24.4 Å². The monoisotopic (exact) mass is 291 g/mol. The molecule has 0 bridgehead atoms. The van der Waals surface area contributed by atoms with E-state index in [0.29, 0.717) is 5.92 Å². The molecule has 0 amide bonds. The summed E-state index contributed by atoms with van der Waals surface area (Å²) in [7, 11) is 1.69. The fourth-order valence-corrected chi connectivity index (χ4v) is 2.05. The van der Waals surface area contributed by atoms with Crippen LogP contribution in [0.4, 0.5) is 0 Å². The number of methoxy groups -OCH3 is 1. The van der Waals surface area contributed by atoms with Crippen LogP contribution in [0.25, 0.3) is 0 Å². The van der Waals surface area contributed by atoms with Crippen LogP contribution in [-0.4, -0.2) is 7.11 Å². The molecule has 84 valence electrons. The molecular formula is C11H15BrClNO. The summed E-state index contributed by atoms with van der Waals surface area (Å²) in [6.45, 7) is 0. The molecule has 4 heteroatoms. The van der Waals surface area contributed by atoms with Crippen LogP contribution >= 0.6 is 28.3 Å². The van der Waals surface area contributed by atoms with Gasteiger partial charge in [0, 0.05) is 16.1 Å². The molecule has 1 saturated carbocycles. The SMILES string of the molecule is COc1ccc(Br)cc1[C@H](N)C1CC1.Cl. The average Bonchev–Trinajstić information content (AvgIpc) is 3.00. The van der Waals surface area contributed by atoms with Gasteiger partial charge in [-0.2, -0.15) is 0 Å². The Balaban J connectivity index is 0.00000112. The van der Waals surface area contributed by atoms with Crippen LogP contribution in [0, 0.1) is 5.92 Å². The first-order chi connectivity index (χ1) is 6.72. The van der Waals surface area contributed by atoms with Crippen LogP contribution in [0.3, 0.4) is 0 Å². The van der Waals surface area contributed by atoms with Gasteiger partial charge in [0.2, 0.25) is 0 Å². The van der Waals surface area contributed by atoms with Gasteiger partial charge in [-0.25, -0.2) is 0 Å². The summed E-state index contributed by atoms with van der Waals surface area (Å²) in [5.41, 5.74) is 7.26.